The van der Waals surface area contributed by atoms with Gasteiger partial charge in [-0.25, -0.2) is 9.37 Å². The van der Waals surface area contributed by atoms with E-state index in [4.69, 9.17) is 14.3 Å². The second kappa shape index (κ2) is 8.35. The second-order valence-electron chi connectivity index (χ2n) is 4.61. The number of aromatic nitrogens is 1. The maximum Gasteiger partial charge on any atom is 0.322 e. The number of alkyl halides is 1. The number of carbonyl (C=O) groups excluding carboxylic acids is 1. The average molecular weight is 348 g/mol. The number of rotatable bonds is 6. The first-order valence-corrected chi connectivity index (χ1v) is 6.95. The Morgan fingerprint density at radius 2 is 2.20 bits per heavy atom. The third kappa shape index (κ3) is 5.24. The number of nitrogens with one attached hydrogen (secondary N) is 1. The molecule has 0 spiro atoms. The van der Waals surface area contributed by atoms with Crippen LogP contribution in [0.1, 0.15) is 21.8 Å². The van der Waals surface area contributed by atoms with Crippen LogP contribution in [0.4, 0.5) is 4.39 Å². The van der Waals surface area contributed by atoms with Crippen LogP contribution in [0.3, 0.4) is 0 Å². The molecule has 2 rings (SSSR count). The summed E-state index contributed by atoms with van der Waals surface area (Å²) in [6.07, 6.45) is 1.25. The van der Waals surface area contributed by atoms with E-state index in [2.05, 4.69) is 22.1 Å². The van der Waals surface area contributed by atoms with Crippen molar-refractivity contribution in [2.75, 3.05) is 13.2 Å². The Kier molecular flexibility index (Phi) is 5.95. The maximum absolute atomic E-state index is 12.3. The average Bonchev–Trinajstić information content (AvgIpc) is 3.04. The van der Waals surface area contributed by atoms with Crippen molar-refractivity contribution in [2.24, 2.45) is 0 Å². The highest BCUT2D eigenvalue weighted by Crippen LogP contribution is 2.17. The summed E-state index contributed by atoms with van der Waals surface area (Å²) < 4.78 is 22.4. The van der Waals surface area contributed by atoms with Crippen LogP contribution in [-0.4, -0.2) is 40.2 Å². The number of hydrogen-bond donors (Lipinski definition) is 3. The van der Waals surface area contributed by atoms with Crippen LogP contribution in [0.25, 0.3) is 0 Å². The van der Waals surface area contributed by atoms with Gasteiger partial charge in [-0.05, 0) is 12.1 Å². The first-order chi connectivity index (χ1) is 12.0. The topological polar surface area (TPSA) is 122 Å². The van der Waals surface area contributed by atoms with Crippen LogP contribution in [0.15, 0.2) is 28.8 Å². The van der Waals surface area contributed by atoms with E-state index in [0.29, 0.717) is 5.56 Å². The molecule has 2 aromatic rings. The van der Waals surface area contributed by atoms with Crippen LogP contribution in [-0.2, 0) is 11.5 Å². The van der Waals surface area contributed by atoms with Gasteiger partial charge in [0, 0.05) is 17.8 Å². The zero-order chi connectivity index (χ0) is 18.2. The van der Waals surface area contributed by atoms with Crippen LogP contribution >= 0.6 is 0 Å². The van der Waals surface area contributed by atoms with Crippen LogP contribution in [0.5, 0.6) is 11.7 Å². The number of nitrogens with zero attached hydrogens (tertiary/aromatic N) is 1. The zero-order valence-corrected chi connectivity index (χ0v) is 12.8. The number of hydrogen-bond acceptors (Lipinski definition) is 6. The first-order valence-electron chi connectivity index (χ1n) is 6.95. The fraction of sp³-hybridized carbons (Fsp3) is 0.188. The zero-order valence-electron chi connectivity index (χ0n) is 12.8. The summed E-state index contributed by atoms with van der Waals surface area (Å²) in [7, 11) is 0. The molecule has 0 aliphatic heterocycles. The van der Waals surface area contributed by atoms with Gasteiger partial charge in [0.05, 0.1) is 0 Å². The summed E-state index contributed by atoms with van der Waals surface area (Å²) in [5, 5.41) is 20.3. The third-order valence-electron chi connectivity index (χ3n) is 2.77. The van der Waals surface area contributed by atoms with Crippen molar-refractivity contribution in [2.45, 2.75) is 6.67 Å². The van der Waals surface area contributed by atoms with Crippen LogP contribution < -0.4 is 10.1 Å². The number of carbonyl (C=O) groups is 2. The van der Waals surface area contributed by atoms with Gasteiger partial charge in [-0.1, -0.05) is 11.8 Å². The van der Waals surface area contributed by atoms with Crippen molar-refractivity contribution in [1.29, 1.82) is 0 Å². The van der Waals surface area contributed by atoms with Crippen molar-refractivity contribution in [3.8, 4) is 23.5 Å². The number of carboxylic acids is 1. The van der Waals surface area contributed by atoms with Gasteiger partial charge in [0.1, 0.15) is 24.7 Å². The molecule has 0 saturated carbocycles. The lowest BCUT2D eigenvalue weighted by Crippen LogP contribution is -2.29. The summed E-state index contributed by atoms with van der Waals surface area (Å²) in [4.78, 5) is 25.8. The summed E-state index contributed by atoms with van der Waals surface area (Å²) in [5.41, 5.74) is 0.0113. The van der Waals surface area contributed by atoms with Gasteiger partial charge in [-0.3, -0.25) is 9.59 Å². The lowest BCUT2D eigenvalue weighted by molar-refractivity contribution is -0.135. The second-order valence-corrected chi connectivity index (χ2v) is 4.61. The molecule has 0 radical (unpaired) electrons. The molecule has 0 fully saturated rings. The normalized spacial score (nSPS) is 9.80. The highest BCUT2D eigenvalue weighted by atomic mass is 19.1. The monoisotopic (exact) mass is 348 g/mol. The summed E-state index contributed by atoms with van der Waals surface area (Å²) in [6.45, 7) is -1.36. The van der Waals surface area contributed by atoms with E-state index in [1.807, 2.05) is 0 Å². The van der Waals surface area contributed by atoms with E-state index >= 15 is 0 Å². The van der Waals surface area contributed by atoms with E-state index in [0.717, 1.165) is 0 Å². The van der Waals surface area contributed by atoms with Crippen molar-refractivity contribution >= 4 is 11.9 Å². The SMILES string of the molecule is O=C(O)CNC(=O)c1ncc(C#CCOc2ccc(CF)o2)cc1O. The Morgan fingerprint density at radius 3 is 2.84 bits per heavy atom. The minimum Gasteiger partial charge on any atom is -0.505 e. The third-order valence-corrected chi connectivity index (χ3v) is 2.77. The molecule has 8 nitrogen and oxygen atoms in total. The Morgan fingerprint density at radius 1 is 1.40 bits per heavy atom. The van der Waals surface area contributed by atoms with Gasteiger partial charge < -0.3 is 24.7 Å². The molecule has 0 unspecified atom stereocenters. The van der Waals surface area contributed by atoms with Crippen molar-refractivity contribution < 1.29 is 33.3 Å². The first kappa shape index (κ1) is 17.8. The number of aromatic hydroxyl groups is 1. The van der Waals surface area contributed by atoms with E-state index in [-0.39, 0.29) is 24.0 Å². The number of pyridine rings is 1. The van der Waals surface area contributed by atoms with Gasteiger partial charge in [0.15, 0.2) is 12.3 Å². The minimum atomic E-state index is -1.22. The summed E-state index contributed by atoms with van der Waals surface area (Å²) >= 11 is 0. The predicted octanol–water partition coefficient (Wildman–Crippen LogP) is 1.09. The van der Waals surface area contributed by atoms with Crippen LogP contribution in [0, 0.1) is 11.8 Å². The fourth-order valence-electron chi connectivity index (χ4n) is 1.69. The number of amides is 1. The molecule has 0 aliphatic carbocycles. The van der Waals surface area contributed by atoms with Gasteiger partial charge in [0.25, 0.3) is 11.9 Å². The van der Waals surface area contributed by atoms with E-state index < -0.39 is 30.8 Å². The minimum absolute atomic E-state index is 0.0408. The maximum atomic E-state index is 12.3. The van der Waals surface area contributed by atoms with Crippen molar-refractivity contribution in [3.05, 3.63) is 41.4 Å². The lowest BCUT2D eigenvalue weighted by Gasteiger charge is -2.04. The van der Waals surface area contributed by atoms with Crippen molar-refractivity contribution in [1.82, 2.24) is 10.3 Å². The molecule has 0 aliphatic rings. The molecule has 130 valence electrons. The molecule has 0 bridgehead atoms. The molecule has 0 saturated heterocycles. The Hall–Kier alpha value is -3.54. The number of ether oxygens (including phenoxy) is 1. The molecule has 3 N–H and O–H groups in total. The smallest absolute Gasteiger partial charge is 0.322 e. The summed E-state index contributed by atoms with van der Waals surface area (Å²) in [5.74, 6) is 3.10. The Balaban J connectivity index is 1.94. The fourth-order valence-corrected chi connectivity index (χ4v) is 1.69. The number of aliphatic carboxylic acids is 1. The Labute approximate surface area is 141 Å². The predicted molar refractivity (Wildman–Crippen MR) is 81.8 cm³/mol. The molecule has 25 heavy (non-hydrogen) atoms. The molecule has 1 amide bonds. The molecule has 2 heterocycles. The lowest BCUT2D eigenvalue weighted by atomic mass is 10.2. The number of carboxylic acid groups (broad SMARTS) is 1. The van der Waals surface area contributed by atoms with Gasteiger partial charge in [0.2, 0.25) is 0 Å². The largest absolute Gasteiger partial charge is 0.505 e. The van der Waals surface area contributed by atoms with E-state index in [9.17, 15) is 19.1 Å². The molecule has 0 aromatic carbocycles. The molecule has 0 atom stereocenters. The van der Waals surface area contributed by atoms with Gasteiger partial charge in [-0.2, -0.15) is 0 Å². The van der Waals surface area contributed by atoms with Gasteiger partial charge >= 0.3 is 5.97 Å². The van der Waals surface area contributed by atoms with Crippen molar-refractivity contribution in [3.63, 3.8) is 0 Å². The molecule has 2 aromatic heterocycles. The molecular formula is C16H13FN2O6. The standard InChI is InChI=1S/C16H13FN2O6/c17-7-11-3-4-14(25-11)24-5-1-2-10-6-12(20)15(18-8-10)16(23)19-9-13(21)22/h3-4,6,8,20H,5,7,9H2,(H,19,23)(H,21,22). The Bertz CT molecular complexity index is 837. The number of halogens is 1. The number of furan rings is 1. The van der Waals surface area contributed by atoms with E-state index in [1.54, 1.807) is 0 Å². The van der Waals surface area contributed by atoms with E-state index in [1.165, 1.54) is 24.4 Å². The highest BCUT2D eigenvalue weighted by Gasteiger charge is 2.13. The quantitative estimate of drug-likeness (QED) is 0.668. The summed E-state index contributed by atoms with van der Waals surface area (Å²) in [6, 6.07) is 4.12. The van der Waals surface area contributed by atoms with Crippen LogP contribution in [0.2, 0.25) is 0 Å². The molecule has 9 heteroatoms. The molecular weight excluding hydrogens is 335 g/mol. The van der Waals surface area contributed by atoms with Gasteiger partial charge in [-0.15, -0.1) is 0 Å². The highest BCUT2D eigenvalue weighted by molar-refractivity contribution is 5.96.